The molecule has 0 saturated carbocycles. The van der Waals surface area contributed by atoms with Gasteiger partial charge in [0.25, 0.3) is 15.9 Å². The largest absolute Gasteiger partial charge is 0.452 e. The average Bonchev–Trinajstić information content (AvgIpc) is 2.83. The second-order valence-corrected chi connectivity index (χ2v) is 9.74. The molecule has 3 aromatic rings. The number of nitrogens with zero attached hydrogens (tertiary/aromatic N) is 1. The summed E-state index contributed by atoms with van der Waals surface area (Å²) in [4.78, 5) is 24.4. The Balaban J connectivity index is 1.55. The van der Waals surface area contributed by atoms with Crippen molar-refractivity contribution in [2.24, 2.45) is 0 Å². The zero-order valence-electron chi connectivity index (χ0n) is 19.0. The van der Waals surface area contributed by atoms with Gasteiger partial charge < -0.3 is 10.1 Å². The van der Waals surface area contributed by atoms with Crippen molar-refractivity contribution in [2.45, 2.75) is 25.3 Å². The first-order valence-corrected chi connectivity index (χ1v) is 11.9. The number of carbonyl (C=O) groups is 2. The molecule has 0 fully saturated rings. The Morgan fingerprint density at radius 2 is 1.62 bits per heavy atom. The molecule has 3 rings (SSSR count). The fraction of sp³-hybridized carbons (Fsp3) is 0.200. The first-order valence-electron chi connectivity index (χ1n) is 10.4. The first kappa shape index (κ1) is 24.9. The van der Waals surface area contributed by atoms with Gasteiger partial charge in [0.15, 0.2) is 6.61 Å². The number of halogens is 1. The van der Waals surface area contributed by atoms with Crippen molar-refractivity contribution in [1.82, 2.24) is 5.32 Å². The maximum Gasteiger partial charge on any atom is 0.338 e. The molecule has 0 aromatic heterocycles. The number of sulfonamides is 1. The van der Waals surface area contributed by atoms with Crippen LogP contribution in [-0.2, 0) is 26.1 Å². The highest BCUT2D eigenvalue weighted by Gasteiger charge is 2.21. The molecule has 0 saturated heterocycles. The molecule has 0 atom stereocenters. The second-order valence-electron chi connectivity index (χ2n) is 7.77. The maximum absolute atomic E-state index is 13.6. The summed E-state index contributed by atoms with van der Waals surface area (Å²) < 4.78 is 45.3. The summed E-state index contributed by atoms with van der Waals surface area (Å²) in [5.41, 5.74) is 2.57. The number of rotatable bonds is 8. The summed E-state index contributed by atoms with van der Waals surface area (Å²) >= 11 is 0. The molecule has 178 valence electrons. The summed E-state index contributed by atoms with van der Waals surface area (Å²) in [5.74, 6) is -1.62. The van der Waals surface area contributed by atoms with Crippen LogP contribution in [0.4, 0.5) is 10.1 Å². The third-order valence-electron chi connectivity index (χ3n) is 5.21. The van der Waals surface area contributed by atoms with Gasteiger partial charge in [-0.05, 0) is 67.4 Å². The molecule has 1 amide bonds. The molecule has 1 N–H and O–H groups in total. The van der Waals surface area contributed by atoms with Crippen molar-refractivity contribution in [3.05, 3.63) is 94.8 Å². The predicted octanol–water partition coefficient (Wildman–Crippen LogP) is 3.74. The Morgan fingerprint density at radius 1 is 0.971 bits per heavy atom. The Bertz CT molecular complexity index is 1290. The molecule has 0 unspecified atom stereocenters. The van der Waals surface area contributed by atoms with Crippen molar-refractivity contribution in [1.29, 1.82) is 0 Å². The molecular formula is C25H25FN2O5S. The van der Waals surface area contributed by atoms with Crippen molar-refractivity contribution in [3.63, 3.8) is 0 Å². The summed E-state index contributed by atoms with van der Waals surface area (Å²) in [7, 11) is -2.33. The Labute approximate surface area is 198 Å². The minimum atomic E-state index is -3.76. The van der Waals surface area contributed by atoms with Crippen LogP contribution in [0, 0.1) is 19.7 Å². The average molecular weight is 485 g/mol. The molecule has 0 aliphatic heterocycles. The third-order valence-corrected chi connectivity index (χ3v) is 7.01. The van der Waals surface area contributed by atoms with Gasteiger partial charge >= 0.3 is 5.97 Å². The Kier molecular flexibility index (Phi) is 7.68. The lowest BCUT2D eigenvalue weighted by Gasteiger charge is -2.19. The van der Waals surface area contributed by atoms with Gasteiger partial charge in [-0.1, -0.05) is 29.8 Å². The number of hydrogen-bond donors (Lipinski definition) is 1. The number of ether oxygens (including phenoxy) is 1. The zero-order valence-corrected chi connectivity index (χ0v) is 19.9. The SMILES string of the molecule is Cc1ccc(S(=O)(=O)N(C)c2ccc(C(=O)OCC(=O)NCc3ccc(C)c(F)c3)cc2)cc1. The number of benzene rings is 3. The highest BCUT2D eigenvalue weighted by molar-refractivity contribution is 7.92. The molecule has 0 aliphatic rings. The molecule has 0 aliphatic carbocycles. The fourth-order valence-electron chi connectivity index (χ4n) is 3.03. The van der Waals surface area contributed by atoms with Gasteiger partial charge in [-0.3, -0.25) is 9.10 Å². The molecular weight excluding hydrogens is 459 g/mol. The Hall–Kier alpha value is -3.72. The predicted molar refractivity (Wildman–Crippen MR) is 126 cm³/mol. The van der Waals surface area contributed by atoms with E-state index in [4.69, 9.17) is 4.74 Å². The van der Waals surface area contributed by atoms with Crippen LogP contribution in [0.2, 0.25) is 0 Å². The normalized spacial score (nSPS) is 11.1. The number of amides is 1. The summed E-state index contributed by atoms with van der Waals surface area (Å²) in [6.45, 7) is 3.11. The zero-order chi connectivity index (χ0) is 24.9. The molecule has 7 nitrogen and oxygen atoms in total. The van der Waals surface area contributed by atoms with Crippen molar-refractivity contribution in [3.8, 4) is 0 Å². The number of esters is 1. The van der Waals surface area contributed by atoms with Gasteiger partial charge in [0, 0.05) is 13.6 Å². The summed E-state index contributed by atoms with van der Waals surface area (Å²) in [6.07, 6.45) is 0. The smallest absolute Gasteiger partial charge is 0.338 e. The summed E-state index contributed by atoms with van der Waals surface area (Å²) in [5, 5.41) is 2.56. The van der Waals surface area contributed by atoms with E-state index in [2.05, 4.69) is 5.32 Å². The lowest BCUT2D eigenvalue weighted by Crippen LogP contribution is -2.28. The molecule has 9 heteroatoms. The van der Waals surface area contributed by atoms with Crippen molar-refractivity contribution < 1.29 is 27.1 Å². The number of carbonyl (C=O) groups excluding carboxylic acids is 2. The van der Waals surface area contributed by atoms with Gasteiger partial charge in [-0.15, -0.1) is 0 Å². The monoisotopic (exact) mass is 484 g/mol. The van der Waals surface area contributed by atoms with E-state index in [1.54, 1.807) is 31.2 Å². The van der Waals surface area contributed by atoms with E-state index in [1.807, 2.05) is 6.92 Å². The van der Waals surface area contributed by atoms with Gasteiger partial charge in [-0.25, -0.2) is 17.6 Å². The molecule has 0 bridgehead atoms. The maximum atomic E-state index is 13.6. The first-order chi connectivity index (χ1) is 16.1. The van der Waals surface area contributed by atoms with Gasteiger partial charge in [-0.2, -0.15) is 0 Å². The highest BCUT2D eigenvalue weighted by Crippen LogP contribution is 2.23. The molecule has 0 spiro atoms. The molecule has 0 heterocycles. The quantitative estimate of drug-likeness (QED) is 0.492. The van der Waals surface area contributed by atoms with E-state index in [0.29, 0.717) is 16.8 Å². The van der Waals surface area contributed by atoms with Crippen LogP contribution >= 0.6 is 0 Å². The van der Waals surface area contributed by atoms with Crippen LogP contribution < -0.4 is 9.62 Å². The fourth-order valence-corrected chi connectivity index (χ4v) is 4.22. The second kappa shape index (κ2) is 10.5. The van der Waals surface area contributed by atoms with Crippen LogP contribution in [0.15, 0.2) is 71.6 Å². The highest BCUT2D eigenvalue weighted by atomic mass is 32.2. The van der Waals surface area contributed by atoms with Crippen LogP contribution in [-0.4, -0.2) is 33.9 Å². The van der Waals surface area contributed by atoms with Crippen molar-refractivity contribution >= 4 is 27.6 Å². The minimum absolute atomic E-state index is 0.101. The molecule has 0 radical (unpaired) electrons. The lowest BCUT2D eigenvalue weighted by atomic mass is 10.1. The molecule has 3 aromatic carbocycles. The van der Waals surface area contributed by atoms with E-state index < -0.39 is 28.5 Å². The van der Waals surface area contributed by atoms with Crippen molar-refractivity contribution in [2.75, 3.05) is 18.0 Å². The number of nitrogens with one attached hydrogen (secondary N) is 1. The van der Waals surface area contributed by atoms with Gasteiger partial charge in [0.1, 0.15) is 5.82 Å². The Morgan fingerprint density at radius 3 is 2.24 bits per heavy atom. The van der Waals surface area contributed by atoms with E-state index in [0.717, 1.165) is 9.87 Å². The molecule has 34 heavy (non-hydrogen) atoms. The van der Waals surface area contributed by atoms with Crippen LogP contribution in [0.1, 0.15) is 27.0 Å². The van der Waals surface area contributed by atoms with Gasteiger partial charge in [0.05, 0.1) is 16.1 Å². The van der Waals surface area contributed by atoms with Crippen LogP contribution in [0.5, 0.6) is 0 Å². The number of aryl methyl sites for hydroxylation is 2. The van der Waals surface area contributed by atoms with Crippen LogP contribution in [0.25, 0.3) is 0 Å². The van der Waals surface area contributed by atoms with E-state index >= 15 is 0 Å². The topological polar surface area (TPSA) is 92.8 Å². The van der Waals surface area contributed by atoms with Crippen LogP contribution in [0.3, 0.4) is 0 Å². The van der Waals surface area contributed by atoms with E-state index in [-0.39, 0.29) is 22.8 Å². The van der Waals surface area contributed by atoms with E-state index in [1.165, 1.54) is 49.5 Å². The van der Waals surface area contributed by atoms with Gasteiger partial charge in [0.2, 0.25) is 0 Å². The summed E-state index contributed by atoms with van der Waals surface area (Å²) in [6, 6.07) is 17.0. The van der Waals surface area contributed by atoms with E-state index in [9.17, 15) is 22.4 Å². The lowest BCUT2D eigenvalue weighted by molar-refractivity contribution is -0.124. The standard InChI is InChI=1S/C25H25FN2O5S/c1-17-4-12-22(13-5-17)34(31,32)28(3)21-10-8-20(9-11-21)25(30)33-16-24(29)27-15-19-7-6-18(2)23(26)14-19/h4-14H,15-16H2,1-3H3,(H,27,29). The number of hydrogen-bond acceptors (Lipinski definition) is 5. The number of anilines is 1. The minimum Gasteiger partial charge on any atom is -0.452 e. The third kappa shape index (κ3) is 5.99.